The van der Waals surface area contributed by atoms with E-state index in [1.165, 1.54) is 4.90 Å². The van der Waals surface area contributed by atoms with Crippen LogP contribution in [0.25, 0.3) is 0 Å². The molecule has 0 aromatic rings. The van der Waals surface area contributed by atoms with Gasteiger partial charge in [-0.3, -0.25) is 4.90 Å². The average Bonchev–Trinajstić information content (AvgIpc) is 2.26. The molecule has 0 aromatic heterocycles. The Morgan fingerprint density at radius 1 is 1.06 bits per heavy atom. The van der Waals surface area contributed by atoms with Crippen molar-refractivity contribution in [1.82, 2.24) is 4.90 Å². The molecule has 1 amide bonds. The smallest absolute Gasteiger partial charge is 0.415 e. The van der Waals surface area contributed by atoms with Crippen molar-refractivity contribution in [2.75, 3.05) is 0 Å². The molecule has 3 nitrogen and oxygen atoms in total. The highest BCUT2D eigenvalue weighted by molar-refractivity contribution is 5.67. The summed E-state index contributed by atoms with van der Waals surface area (Å²) in [6, 6.07) is 0. The van der Waals surface area contributed by atoms with Crippen LogP contribution in [0.2, 0.25) is 0 Å². The van der Waals surface area contributed by atoms with Crippen molar-refractivity contribution < 1.29 is 9.90 Å². The molecular weight excluding hydrogens is 202 g/mol. The summed E-state index contributed by atoms with van der Waals surface area (Å²) in [7, 11) is 0. The Bertz CT molecular complexity index is 216. The third-order valence-electron chi connectivity index (χ3n) is 2.20. The topological polar surface area (TPSA) is 40.5 Å². The van der Waals surface area contributed by atoms with Crippen LogP contribution in [0.15, 0.2) is 24.6 Å². The average molecular weight is 225 g/mol. The lowest BCUT2D eigenvalue weighted by molar-refractivity contribution is 0.175. The maximum atomic E-state index is 10.9. The van der Waals surface area contributed by atoms with Gasteiger partial charge in [-0.2, -0.15) is 0 Å². The lowest BCUT2D eigenvalue weighted by Gasteiger charge is -2.07. The number of allylic oxidation sites excluding steroid dienone is 2. The van der Waals surface area contributed by atoms with Crippen molar-refractivity contribution in [3.8, 4) is 0 Å². The van der Waals surface area contributed by atoms with Gasteiger partial charge in [0, 0.05) is 12.4 Å². The molecule has 0 atom stereocenters. The second kappa shape index (κ2) is 10.3. The SMILES string of the molecule is CCCCC=CN(C=CCCCC)C(=O)O. The van der Waals surface area contributed by atoms with E-state index < -0.39 is 6.09 Å². The van der Waals surface area contributed by atoms with Gasteiger partial charge in [-0.05, 0) is 12.8 Å². The van der Waals surface area contributed by atoms with Gasteiger partial charge in [0.1, 0.15) is 0 Å². The zero-order valence-corrected chi connectivity index (χ0v) is 10.4. The molecular formula is C13H23NO2. The third-order valence-corrected chi connectivity index (χ3v) is 2.20. The molecule has 0 bridgehead atoms. The molecule has 3 heteroatoms. The number of hydrogen-bond acceptors (Lipinski definition) is 1. The van der Waals surface area contributed by atoms with Crippen LogP contribution in [-0.2, 0) is 0 Å². The fourth-order valence-electron chi connectivity index (χ4n) is 1.20. The summed E-state index contributed by atoms with van der Waals surface area (Å²) in [6.45, 7) is 4.24. The van der Waals surface area contributed by atoms with Gasteiger partial charge in [-0.1, -0.05) is 51.7 Å². The van der Waals surface area contributed by atoms with Crippen LogP contribution in [0, 0.1) is 0 Å². The number of carbonyl (C=O) groups is 1. The number of unbranched alkanes of at least 4 members (excludes halogenated alkanes) is 4. The largest absolute Gasteiger partial charge is 0.464 e. The van der Waals surface area contributed by atoms with Crippen molar-refractivity contribution in [3.63, 3.8) is 0 Å². The van der Waals surface area contributed by atoms with Crippen molar-refractivity contribution >= 4 is 6.09 Å². The molecule has 92 valence electrons. The van der Waals surface area contributed by atoms with Gasteiger partial charge in [0.05, 0.1) is 0 Å². The quantitative estimate of drug-likeness (QED) is 0.623. The molecule has 0 aromatic carbocycles. The van der Waals surface area contributed by atoms with E-state index in [0.717, 1.165) is 38.5 Å². The Balaban J connectivity index is 4.01. The molecule has 0 heterocycles. The molecule has 0 aliphatic heterocycles. The van der Waals surface area contributed by atoms with Crippen LogP contribution in [0.4, 0.5) is 4.79 Å². The van der Waals surface area contributed by atoms with Crippen LogP contribution >= 0.6 is 0 Å². The number of hydrogen-bond donors (Lipinski definition) is 1. The summed E-state index contributed by atoms with van der Waals surface area (Å²) < 4.78 is 0. The Labute approximate surface area is 98.5 Å². The molecule has 0 aliphatic carbocycles. The number of amides is 1. The van der Waals surface area contributed by atoms with Crippen LogP contribution < -0.4 is 0 Å². The monoisotopic (exact) mass is 225 g/mol. The van der Waals surface area contributed by atoms with E-state index in [1.54, 1.807) is 12.4 Å². The van der Waals surface area contributed by atoms with E-state index in [9.17, 15) is 4.79 Å². The maximum absolute atomic E-state index is 10.9. The van der Waals surface area contributed by atoms with Crippen molar-refractivity contribution in [1.29, 1.82) is 0 Å². The molecule has 0 unspecified atom stereocenters. The van der Waals surface area contributed by atoms with E-state index in [4.69, 9.17) is 5.11 Å². The van der Waals surface area contributed by atoms with Gasteiger partial charge < -0.3 is 5.11 Å². The highest BCUT2D eigenvalue weighted by Crippen LogP contribution is 2.01. The molecule has 0 fully saturated rings. The first-order valence-corrected chi connectivity index (χ1v) is 6.07. The Hall–Kier alpha value is -1.25. The summed E-state index contributed by atoms with van der Waals surface area (Å²) in [4.78, 5) is 12.1. The first-order chi connectivity index (χ1) is 7.72. The normalized spacial score (nSPS) is 11.4. The van der Waals surface area contributed by atoms with Crippen molar-refractivity contribution in [3.05, 3.63) is 24.6 Å². The van der Waals surface area contributed by atoms with Gasteiger partial charge in [0.25, 0.3) is 0 Å². The van der Waals surface area contributed by atoms with E-state index in [2.05, 4.69) is 13.8 Å². The van der Waals surface area contributed by atoms with Crippen LogP contribution in [-0.4, -0.2) is 16.1 Å². The highest BCUT2D eigenvalue weighted by Gasteiger charge is 2.02. The van der Waals surface area contributed by atoms with E-state index in [-0.39, 0.29) is 0 Å². The number of nitrogens with zero attached hydrogens (tertiary/aromatic N) is 1. The van der Waals surface area contributed by atoms with E-state index in [0.29, 0.717) is 0 Å². The summed E-state index contributed by atoms with van der Waals surface area (Å²) in [5.74, 6) is 0. The molecule has 0 saturated carbocycles. The van der Waals surface area contributed by atoms with Crippen LogP contribution in [0.5, 0.6) is 0 Å². The van der Waals surface area contributed by atoms with Crippen LogP contribution in [0.1, 0.15) is 52.4 Å². The number of rotatable bonds is 8. The minimum absolute atomic E-state index is 0.930. The number of carboxylic acid groups (broad SMARTS) is 1. The van der Waals surface area contributed by atoms with Gasteiger partial charge in [0.15, 0.2) is 0 Å². The molecule has 0 spiro atoms. The van der Waals surface area contributed by atoms with Crippen molar-refractivity contribution in [2.45, 2.75) is 52.4 Å². The van der Waals surface area contributed by atoms with Gasteiger partial charge >= 0.3 is 6.09 Å². The zero-order valence-electron chi connectivity index (χ0n) is 10.4. The summed E-state index contributed by atoms with van der Waals surface area (Å²) in [5, 5.41) is 8.91. The molecule has 16 heavy (non-hydrogen) atoms. The van der Waals surface area contributed by atoms with Gasteiger partial charge in [0.2, 0.25) is 0 Å². The molecule has 1 N–H and O–H groups in total. The second-order valence-corrected chi connectivity index (χ2v) is 3.74. The Morgan fingerprint density at radius 2 is 1.50 bits per heavy atom. The Kier molecular flexibility index (Phi) is 9.47. The van der Waals surface area contributed by atoms with Crippen LogP contribution in [0.3, 0.4) is 0 Å². The summed E-state index contributed by atoms with van der Waals surface area (Å²) in [6.07, 6.45) is 12.5. The fourth-order valence-corrected chi connectivity index (χ4v) is 1.20. The fraction of sp³-hybridized carbons (Fsp3) is 0.615. The standard InChI is InChI=1S/C13H23NO2/c1-3-5-7-9-11-14(13(15)16)12-10-8-6-4-2/h9-12H,3-8H2,1-2H3,(H,15,16). The minimum Gasteiger partial charge on any atom is -0.464 e. The predicted molar refractivity (Wildman–Crippen MR) is 67.2 cm³/mol. The Morgan fingerprint density at radius 3 is 1.81 bits per heavy atom. The lowest BCUT2D eigenvalue weighted by Crippen LogP contribution is -2.16. The lowest BCUT2D eigenvalue weighted by atomic mass is 10.2. The van der Waals surface area contributed by atoms with E-state index in [1.807, 2.05) is 12.2 Å². The molecule has 0 saturated heterocycles. The first-order valence-electron chi connectivity index (χ1n) is 6.07. The third kappa shape index (κ3) is 8.09. The van der Waals surface area contributed by atoms with Crippen molar-refractivity contribution in [2.24, 2.45) is 0 Å². The molecule has 0 aliphatic rings. The summed E-state index contributed by atoms with van der Waals surface area (Å²) in [5.41, 5.74) is 0. The molecule has 0 radical (unpaired) electrons. The zero-order chi connectivity index (χ0) is 12.2. The second-order valence-electron chi connectivity index (χ2n) is 3.74. The molecule has 0 rings (SSSR count). The van der Waals surface area contributed by atoms with E-state index >= 15 is 0 Å². The van der Waals surface area contributed by atoms with Gasteiger partial charge in [-0.25, -0.2) is 4.79 Å². The highest BCUT2D eigenvalue weighted by atomic mass is 16.4. The first kappa shape index (κ1) is 14.8. The summed E-state index contributed by atoms with van der Waals surface area (Å²) >= 11 is 0. The van der Waals surface area contributed by atoms with Gasteiger partial charge in [-0.15, -0.1) is 0 Å². The predicted octanol–water partition coefficient (Wildman–Crippen LogP) is 4.37. The minimum atomic E-state index is -0.930. The maximum Gasteiger partial charge on any atom is 0.415 e.